The first-order valence-corrected chi connectivity index (χ1v) is 8.54. The molecule has 0 aromatic carbocycles. The molecule has 0 aliphatic rings. The molecule has 3 N–H and O–H groups in total. The molecule has 7 nitrogen and oxygen atoms in total. The van der Waals surface area contributed by atoms with Gasteiger partial charge in [-0.3, -0.25) is 9.59 Å². The lowest BCUT2D eigenvalue weighted by atomic mass is 10.1. The molecule has 1 atom stereocenters. The van der Waals surface area contributed by atoms with Gasteiger partial charge in [0.15, 0.2) is 0 Å². The molecule has 0 aliphatic carbocycles. The number of rotatable bonds is 8. The molecule has 1 aromatic rings. The first-order valence-electron chi connectivity index (χ1n) is 5.44. The van der Waals surface area contributed by atoms with Crippen molar-refractivity contribution >= 4 is 49.2 Å². The van der Waals surface area contributed by atoms with E-state index in [0.29, 0.717) is 3.79 Å². The van der Waals surface area contributed by atoms with Crippen LogP contribution >= 0.6 is 27.3 Å². The summed E-state index contributed by atoms with van der Waals surface area (Å²) in [5.74, 6) is -2.39. The van der Waals surface area contributed by atoms with Crippen LogP contribution in [0.15, 0.2) is 20.1 Å². The summed E-state index contributed by atoms with van der Waals surface area (Å²) < 4.78 is 26.6. The van der Waals surface area contributed by atoms with Gasteiger partial charge in [-0.15, -0.1) is 11.3 Å². The molecule has 0 saturated heterocycles. The number of carboxylic acid groups (broad SMARTS) is 2. The summed E-state index contributed by atoms with van der Waals surface area (Å²) in [5.41, 5.74) is 0. The third-order valence-electron chi connectivity index (χ3n) is 2.29. The summed E-state index contributed by atoms with van der Waals surface area (Å²) in [4.78, 5) is 21.4. The second kappa shape index (κ2) is 7.16. The van der Waals surface area contributed by atoms with Crippen molar-refractivity contribution in [3.8, 4) is 0 Å². The van der Waals surface area contributed by atoms with Gasteiger partial charge < -0.3 is 10.2 Å². The monoisotopic (exact) mass is 385 g/mol. The van der Waals surface area contributed by atoms with Crippen molar-refractivity contribution in [1.29, 1.82) is 0 Å². The molecule has 0 unspecified atom stereocenters. The Morgan fingerprint density at radius 3 is 2.45 bits per heavy atom. The van der Waals surface area contributed by atoms with Gasteiger partial charge in [-0.2, -0.15) is 4.72 Å². The van der Waals surface area contributed by atoms with Gasteiger partial charge in [0.1, 0.15) is 10.3 Å². The molecule has 1 aromatic heterocycles. The Morgan fingerprint density at radius 1 is 1.35 bits per heavy atom. The molecule has 0 spiro atoms. The van der Waals surface area contributed by atoms with Crippen molar-refractivity contribution in [1.82, 2.24) is 4.72 Å². The number of aliphatic carboxylic acids is 2. The zero-order chi connectivity index (χ0) is 15.3. The van der Waals surface area contributed by atoms with Crippen LogP contribution in [0.2, 0.25) is 0 Å². The summed E-state index contributed by atoms with van der Waals surface area (Å²) in [6.45, 7) is 0. The van der Waals surface area contributed by atoms with Crippen LogP contribution in [0.3, 0.4) is 0 Å². The number of carboxylic acids is 2. The normalized spacial score (nSPS) is 13.1. The van der Waals surface area contributed by atoms with E-state index in [0.717, 1.165) is 11.3 Å². The SMILES string of the molecule is O=C(O)CCC[C@@H](NS(=O)(=O)c1ccc(Br)s1)C(=O)O. The quantitative estimate of drug-likeness (QED) is 0.623. The van der Waals surface area contributed by atoms with Crippen molar-refractivity contribution in [3.05, 3.63) is 15.9 Å². The topological polar surface area (TPSA) is 121 Å². The lowest BCUT2D eigenvalue weighted by molar-refractivity contribution is -0.140. The standard InChI is InChI=1S/C10H12BrNO6S2/c11-7-4-5-9(19-7)20(17,18)12-6(10(15)16)2-1-3-8(13)14/h4-6,12H,1-3H2,(H,13,14)(H,15,16)/t6-/m1/s1. The van der Waals surface area contributed by atoms with Crippen LogP contribution in [0.5, 0.6) is 0 Å². The number of sulfonamides is 1. The first kappa shape index (κ1) is 17.1. The van der Waals surface area contributed by atoms with Crippen LogP contribution in [0, 0.1) is 0 Å². The number of carbonyl (C=O) groups is 2. The maximum atomic E-state index is 12.0. The van der Waals surface area contributed by atoms with Gasteiger partial charge in [0, 0.05) is 6.42 Å². The van der Waals surface area contributed by atoms with Gasteiger partial charge >= 0.3 is 11.9 Å². The molecule has 0 bridgehead atoms. The van der Waals surface area contributed by atoms with Gasteiger partial charge in [0.25, 0.3) is 10.0 Å². The zero-order valence-electron chi connectivity index (χ0n) is 10.1. The molecular weight excluding hydrogens is 374 g/mol. The van der Waals surface area contributed by atoms with E-state index in [2.05, 4.69) is 20.7 Å². The molecule has 0 amide bonds. The second-order valence-corrected chi connectivity index (χ2v) is 8.26. The van der Waals surface area contributed by atoms with Gasteiger partial charge in [0.2, 0.25) is 0 Å². The molecule has 0 saturated carbocycles. The number of halogens is 1. The van der Waals surface area contributed by atoms with E-state index < -0.39 is 28.0 Å². The number of thiophene rings is 1. The van der Waals surface area contributed by atoms with Crippen LogP contribution in [0.1, 0.15) is 19.3 Å². The van der Waals surface area contributed by atoms with Gasteiger partial charge in [-0.25, -0.2) is 8.42 Å². The van der Waals surface area contributed by atoms with Crippen molar-refractivity contribution in [2.24, 2.45) is 0 Å². The Kier molecular flexibility index (Phi) is 6.11. The lowest BCUT2D eigenvalue weighted by Gasteiger charge is -2.13. The molecule has 1 rings (SSSR count). The van der Waals surface area contributed by atoms with Crippen LogP contribution < -0.4 is 4.72 Å². The number of hydrogen-bond donors (Lipinski definition) is 3. The third-order valence-corrected chi connectivity index (χ3v) is 5.88. The summed E-state index contributed by atoms with van der Waals surface area (Å²) in [6.07, 6.45) is -0.230. The average molecular weight is 386 g/mol. The first-order chi connectivity index (χ1) is 9.22. The van der Waals surface area contributed by atoms with Crippen LogP contribution in [0.4, 0.5) is 0 Å². The smallest absolute Gasteiger partial charge is 0.321 e. The van der Waals surface area contributed by atoms with E-state index in [4.69, 9.17) is 10.2 Å². The fraction of sp³-hybridized carbons (Fsp3) is 0.400. The van der Waals surface area contributed by atoms with E-state index in [9.17, 15) is 18.0 Å². The third kappa shape index (κ3) is 5.19. The van der Waals surface area contributed by atoms with E-state index in [1.54, 1.807) is 6.07 Å². The highest BCUT2D eigenvalue weighted by Crippen LogP contribution is 2.26. The maximum Gasteiger partial charge on any atom is 0.321 e. The largest absolute Gasteiger partial charge is 0.481 e. The van der Waals surface area contributed by atoms with Crippen molar-refractivity contribution in [2.45, 2.75) is 29.5 Å². The maximum absolute atomic E-state index is 12.0. The van der Waals surface area contributed by atoms with Crippen LogP contribution in [-0.4, -0.2) is 36.6 Å². The highest BCUT2D eigenvalue weighted by molar-refractivity contribution is 9.11. The molecular formula is C10H12BrNO6S2. The highest BCUT2D eigenvalue weighted by atomic mass is 79.9. The van der Waals surface area contributed by atoms with Gasteiger partial charge in [-0.1, -0.05) is 0 Å². The predicted octanol–water partition coefficient (Wildman–Crippen LogP) is 1.50. The summed E-state index contributed by atoms with van der Waals surface area (Å²) in [5, 5.41) is 17.5. The van der Waals surface area contributed by atoms with Gasteiger partial charge in [0.05, 0.1) is 3.79 Å². The molecule has 0 fully saturated rings. The van der Waals surface area contributed by atoms with Gasteiger partial charge in [-0.05, 0) is 40.9 Å². The number of nitrogens with one attached hydrogen (secondary N) is 1. The zero-order valence-corrected chi connectivity index (χ0v) is 13.3. The van der Waals surface area contributed by atoms with Crippen molar-refractivity contribution in [2.75, 3.05) is 0 Å². The molecule has 0 radical (unpaired) electrons. The molecule has 112 valence electrons. The summed E-state index contributed by atoms with van der Waals surface area (Å²) >= 11 is 4.08. The Balaban J connectivity index is 2.74. The minimum absolute atomic E-state index is 0.00569. The highest BCUT2D eigenvalue weighted by Gasteiger charge is 2.26. The fourth-order valence-corrected chi connectivity index (χ4v) is 4.63. The molecule has 20 heavy (non-hydrogen) atoms. The summed E-state index contributed by atoms with van der Waals surface area (Å²) in [6, 6.07) is 1.55. The Bertz CT molecular complexity index is 597. The van der Waals surface area contributed by atoms with E-state index >= 15 is 0 Å². The molecule has 1 heterocycles. The Hall–Kier alpha value is -0.970. The fourth-order valence-electron chi connectivity index (χ4n) is 1.38. The van der Waals surface area contributed by atoms with Crippen molar-refractivity contribution in [3.63, 3.8) is 0 Å². The Labute approximate surface area is 127 Å². The predicted molar refractivity (Wildman–Crippen MR) is 75.3 cm³/mol. The minimum atomic E-state index is -3.92. The van der Waals surface area contributed by atoms with E-state index in [1.165, 1.54) is 6.07 Å². The average Bonchev–Trinajstić information content (AvgIpc) is 2.74. The second-order valence-electron chi connectivity index (χ2n) is 3.86. The molecule has 0 aliphatic heterocycles. The number of hydrogen-bond acceptors (Lipinski definition) is 5. The van der Waals surface area contributed by atoms with Crippen LogP contribution in [-0.2, 0) is 19.6 Å². The Morgan fingerprint density at radius 2 is 2.00 bits per heavy atom. The molecule has 10 heteroatoms. The minimum Gasteiger partial charge on any atom is -0.481 e. The lowest BCUT2D eigenvalue weighted by Crippen LogP contribution is -2.40. The van der Waals surface area contributed by atoms with Crippen molar-refractivity contribution < 1.29 is 28.2 Å². The summed E-state index contributed by atoms with van der Waals surface area (Å²) in [7, 11) is -3.92. The van der Waals surface area contributed by atoms with Crippen LogP contribution in [0.25, 0.3) is 0 Å². The van der Waals surface area contributed by atoms with E-state index in [1.807, 2.05) is 0 Å². The van der Waals surface area contributed by atoms with E-state index in [-0.39, 0.29) is 23.5 Å².